The van der Waals surface area contributed by atoms with Crippen molar-refractivity contribution >= 4 is 35.8 Å². The summed E-state index contributed by atoms with van der Waals surface area (Å²) < 4.78 is 21.9. The number of benzene rings is 2. The molecule has 8 atom stereocenters. The van der Waals surface area contributed by atoms with Gasteiger partial charge in [-0.15, -0.1) is 0 Å². The minimum absolute atomic E-state index is 0.0250. The molecule has 8 rings (SSSR count). The molecule has 0 amide bonds. The molecule has 0 N–H and O–H groups in total. The molecule has 2 aromatic carbocycles. The van der Waals surface area contributed by atoms with Gasteiger partial charge in [-0.25, -0.2) is 28.8 Å². The summed E-state index contributed by atoms with van der Waals surface area (Å²) in [4.78, 5) is 76.6. The van der Waals surface area contributed by atoms with Crippen molar-refractivity contribution in [3.8, 4) is 0 Å². The van der Waals surface area contributed by atoms with Crippen molar-refractivity contribution in [2.45, 2.75) is 117 Å². The third kappa shape index (κ3) is 6.31. The second-order valence-corrected chi connectivity index (χ2v) is 18.5. The van der Waals surface area contributed by atoms with Crippen molar-refractivity contribution in [1.82, 2.24) is 0 Å². The third-order valence-corrected chi connectivity index (χ3v) is 15.2. The maximum Gasteiger partial charge on any atom is 0.346 e. The first-order valence-electron chi connectivity index (χ1n) is 20.4. The van der Waals surface area contributed by atoms with Gasteiger partial charge >= 0.3 is 35.8 Å². The van der Waals surface area contributed by atoms with E-state index < -0.39 is 41.6 Å². The maximum atomic E-state index is 13.9. The molecule has 2 heterocycles. The summed E-state index contributed by atoms with van der Waals surface area (Å²) in [6.45, 7) is 12.1. The Bertz CT molecular complexity index is 1890. The minimum atomic E-state index is -1.64. The van der Waals surface area contributed by atoms with Gasteiger partial charge in [0.25, 0.3) is 5.79 Å². The van der Waals surface area contributed by atoms with E-state index in [1.54, 1.807) is 0 Å². The number of rotatable bonds is 9. The van der Waals surface area contributed by atoms with Crippen LogP contribution in [0.2, 0.25) is 0 Å². The van der Waals surface area contributed by atoms with Gasteiger partial charge in [0.05, 0.1) is 33.4 Å². The number of carbonyl (C=O) groups excluding carboxylic acids is 6. The fraction of sp³-hybridized carbons (Fsp3) is 0.600. The van der Waals surface area contributed by atoms with E-state index in [0.29, 0.717) is 36.0 Å². The highest BCUT2D eigenvalue weighted by molar-refractivity contribution is 6.16. The normalized spacial score (nSPS) is 32.1. The highest BCUT2D eigenvalue weighted by Gasteiger charge is 2.63. The van der Waals surface area contributed by atoms with E-state index in [1.807, 2.05) is 0 Å². The van der Waals surface area contributed by atoms with Crippen LogP contribution in [-0.2, 0) is 18.9 Å². The van der Waals surface area contributed by atoms with E-state index in [-0.39, 0.29) is 51.1 Å². The van der Waals surface area contributed by atoms with Gasteiger partial charge in [0, 0.05) is 12.8 Å². The number of cyclic esters (lactones) is 4. The van der Waals surface area contributed by atoms with E-state index >= 15 is 0 Å². The van der Waals surface area contributed by atoms with Crippen LogP contribution in [0.1, 0.15) is 174 Å². The van der Waals surface area contributed by atoms with Gasteiger partial charge in [-0.2, -0.15) is 0 Å². The molecule has 55 heavy (non-hydrogen) atoms. The first-order valence-corrected chi connectivity index (χ1v) is 20.4. The molecule has 4 aliphatic carbocycles. The topological polar surface area (TPSA) is 139 Å². The molecular formula is C45H52O10. The highest BCUT2D eigenvalue weighted by atomic mass is 16.7. The van der Waals surface area contributed by atoms with Crippen LogP contribution in [0.15, 0.2) is 36.4 Å². The quantitative estimate of drug-likeness (QED) is 0.105. The van der Waals surface area contributed by atoms with Crippen LogP contribution in [-0.4, -0.2) is 41.6 Å². The molecule has 6 aliphatic rings. The Morgan fingerprint density at radius 3 is 1.82 bits per heavy atom. The van der Waals surface area contributed by atoms with Gasteiger partial charge in [-0.1, -0.05) is 53.9 Å². The zero-order chi connectivity index (χ0) is 39.0. The fourth-order valence-electron chi connectivity index (χ4n) is 12.3. The van der Waals surface area contributed by atoms with Crippen LogP contribution in [0.5, 0.6) is 0 Å². The van der Waals surface area contributed by atoms with Gasteiger partial charge in [0.1, 0.15) is 0 Å². The predicted octanol–water partition coefficient (Wildman–Crippen LogP) is 9.14. The Kier molecular flexibility index (Phi) is 9.36. The van der Waals surface area contributed by atoms with Gasteiger partial charge in [0.2, 0.25) is 0 Å². The summed E-state index contributed by atoms with van der Waals surface area (Å²) in [5, 5.41) is 0. The minimum Gasteiger partial charge on any atom is -0.419 e. The summed E-state index contributed by atoms with van der Waals surface area (Å²) in [6.07, 6.45) is 12.2. The van der Waals surface area contributed by atoms with Gasteiger partial charge in [-0.05, 0) is 134 Å². The number of ether oxygens (including phenoxy) is 4. The van der Waals surface area contributed by atoms with Gasteiger partial charge < -0.3 is 18.9 Å². The van der Waals surface area contributed by atoms with E-state index in [4.69, 9.17) is 18.9 Å². The Hall–Kier alpha value is -4.34. The second-order valence-electron chi connectivity index (χ2n) is 18.5. The standard InChI is InChI=1S/C45H52O10/c1-24(2)7-6-8-25(3)34-15-16-35-31-14-11-28-23-45(20-19-43(28,4)36(31)17-18-44(34,35)5,54-37(46)26-9-12-29-32(21-26)41(50)52-39(29)48)55-38(47)27-10-13-30-33(22-27)42(51)53-40(30)49/h9-10,12-13,21-22,24-25,28,31,34-36H,6-8,11,14-20,23H2,1-5H3. The molecule has 4 saturated carbocycles. The van der Waals surface area contributed by atoms with E-state index in [2.05, 4.69) is 34.6 Å². The van der Waals surface area contributed by atoms with Crippen molar-refractivity contribution in [2.24, 2.45) is 52.3 Å². The average molecular weight is 753 g/mol. The Labute approximate surface area is 322 Å². The Balaban J connectivity index is 1.04. The summed E-state index contributed by atoms with van der Waals surface area (Å²) in [5.41, 5.74) is 0.452. The monoisotopic (exact) mass is 752 g/mol. The highest BCUT2D eigenvalue weighted by Crippen LogP contribution is 2.69. The number of fused-ring (bicyclic) bond motifs is 7. The molecule has 0 bridgehead atoms. The second kappa shape index (κ2) is 13.7. The maximum absolute atomic E-state index is 13.9. The van der Waals surface area contributed by atoms with Crippen LogP contribution < -0.4 is 0 Å². The molecule has 0 aromatic heterocycles. The molecule has 0 saturated heterocycles. The number of carbonyl (C=O) groups is 6. The molecule has 0 spiro atoms. The molecular weight excluding hydrogens is 700 g/mol. The van der Waals surface area contributed by atoms with Gasteiger partial charge in [-0.3, -0.25) is 0 Å². The van der Waals surface area contributed by atoms with Crippen molar-refractivity contribution in [1.29, 1.82) is 0 Å². The molecule has 0 radical (unpaired) electrons. The Morgan fingerprint density at radius 1 is 0.673 bits per heavy atom. The number of esters is 6. The zero-order valence-electron chi connectivity index (χ0n) is 32.6. The van der Waals surface area contributed by atoms with Crippen molar-refractivity contribution in [2.75, 3.05) is 0 Å². The molecule has 2 aliphatic heterocycles. The number of hydrogen-bond donors (Lipinski definition) is 0. The van der Waals surface area contributed by atoms with Crippen molar-refractivity contribution < 1.29 is 47.7 Å². The molecule has 8 unspecified atom stereocenters. The summed E-state index contributed by atoms with van der Waals surface area (Å²) >= 11 is 0. The largest absolute Gasteiger partial charge is 0.419 e. The summed E-state index contributed by atoms with van der Waals surface area (Å²) in [5.74, 6) is -2.28. The molecule has 4 fully saturated rings. The summed E-state index contributed by atoms with van der Waals surface area (Å²) in [7, 11) is 0. The van der Waals surface area contributed by atoms with Crippen LogP contribution in [0.3, 0.4) is 0 Å². The van der Waals surface area contributed by atoms with Crippen LogP contribution >= 0.6 is 0 Å². The smallest absolute Gasteiger partial charge is 0.346 e. The zero-order valence-corrected chi connectivity index (χ0v) is 32.6. The lowest BCUT2D eigenvalue weighted by Gasteiger charge is -2.62. The number of hydrogen-bond acceptors (Lipinski definition) is 10. The lowest BCUT2D eigenvalue weighted by molar-refractivity contribution is -0.232. The Morgan fingerprint density at radius 2 is 1.24 bits per heavy atom. The molecule has 10 heteroatoms. The van der Waals surface area contributed by atoms with Crippen molar-refractivity contribution in [3.63, 3.8) is 0 Å². The van der Waals surface area contributed by atoms with Gasteiger partial charge in [0.15, 0.2) is 0 Å². The van der Waals surface area contributed by atoms with Crippen LogP contribution in [0.25, 0.3) is 0 Å². The molecule has 10 nitrogen and oxygen atoms in total. The van der Waals surface area contributed by atoms with Crippen LogP contribution in [0, 0.1) is 52.3 Å². The van der Waals surface area contributed by atoms with Crippen LogP contribution in [0.4, 0.5) is 0 Å². The van der Waals surface area contributed by atoms with Crippen molar-refractivity contribution in [3.05, 3.63) is 69.8 Å². The third-order valence-electron chi connectivity index (χ3n) is 15.2. The van der Waals surface area contributed by atoms with E-state index in [9.17, 15) is 28.8 Å². The average Bonchev–Trinajstić information content (AvgIpc) is 3.76. The van der Waals surface area contributed by atoms with E-state index in [0.717, 1.165) is 30.6 Å². The predicted molar refractivity (Wildman–Crippen MR) is 199 cm³/mol. The lowest BCUT2D eigenvalue weighted by Crippen LogP contribution is -2.57. The SMILES string of the molecule is CC(C)CCCC(C)C1CCC2C3CCC4CC(OC(=O)c5ccc6c(c5)C(=O)OC6=O)(OC(=O)c5ccc6c(c5)C(=O)OC6=O)CCC4(C)C3CCC12C. The molecule has 2 aromatic rings. The van der Waals surface area contributed by atoms with E-state index in [1.165, 1.54) is 81.3 Å². The lowest BCUT2D eigenvalue weighted by atomic mass is 9.44. The first kappa shape index (κ1) is 37.6. The molecule has 292 valence electrons. The summed E-state index contributed by atoms with van der Waals surface area (Å²) in [6, 6.07) is 8.08. The fourth-order valence-corrected chi connectivity index (χ4v) is 12.3. The first-order chi connectivity index (χ1) is 26.1.